The van der Waals surface area contributed by atoms with Crippen LogP contribution in [0.15, 0.2) is 22.8 Å². The Bertz CT molecular complexity index is 532. The molecule has 2 aliphatic heterocycles. The van der Waals surface area contributed by atoms with Crippen LogP contribution in [0.3, 0.4) is 0 Å². The average molecular weight is 335 g/mol. The van der Waals surface area contributed by atoms with Gasteiger partial charge < -0.3 is 19.0 Å². The summed E-state index contributed by atoms with van der Waals surface area (Å²) in [6.07, 6.45) is 2.70. The highest BCUT2D eigenvalue weighted by Crippen LogP contribution is 2.09. The predicted molar refractivity (Wildman–Crippen MR) is 87.4 cm³/mol. The van der Waals surface area contributed by atoms with Gasteiger partial charge >= 0.3 is 0 Å². The van der Waals surface area contributed by atoms with Gasteiger partial charge in [-0.25, -0.2) is 0 Å². The second-order valence-electron chi connectivity index (χ2n) is 6.23. The van der Waals surface area contributed by atoms with E-state index in [1.807, 2.05) is 21.9 Å². The van der Waals surface area contributed by atoms with Crippen LogP contribution >= 0.6 is 0 Å². The molecule has 0 saturated carbocycles. The van der Waals surface area contributed by atoms with Crippen molar-refractivity contribution >= 4 is 11.8 Å². The van der Waals surface area contributed by atoms with Gasteiger partial charge in [0.05, 0.1) is 26.0 Å². The van der Waals surface area contributed by atoms with E-state index >= 15 is 0 Å². The minimum absolute atomic E-state index is 0.131. The molecular formula is C17H25N3O4. The van der Waals surface area contributed by atoms with E-state index < -0.39 is 0 Å². The highest BCUT2D eigenvalue weighted by Gasteiger charge is 2.25. The number of ether oxygens (including phenoxy) is 1. The zero-order chi connectivity index (χ0) is 16.8. The van der Waals surface area contributed by atoms with Crippen molar-refractivity contribution in [3.63, 3.8) is 0 Å². The van der Waals surface area contributed by atoms with Crippen LogP contribution in [0.2, 0.25) is 0 Å². The van der Waals surface area contributed by atoms with Gasteiger partial charge in [-0.1, -0.05) is 0 Å². The summed E-state index contributed by atoms with van der Waals surface area (Å²) in [5.74, 6) is 1.12. The van der Waals surface area contributed by atoms with Gasteiger partial charge in [-0.05, 0) is 12.1 Å². The molecule has 2 saturated heterocycles. The first-order valence-corrected chi connectivity index (χ1v) is 8.60. The van der Waals surface area contributed by atoms with Crippen molar-refractivity contribution < 1.29 is 18.7 Å². The third kappa shape index (κ3) is 4.58. The Labute approximate surface area is 142 Å². The van der Waals surface area contributed by atoms with E-state index in [4.69, 9.17) is 9.15 Å². The van der Waals surface area contributed by atoms with E-state index in [9.17, 15) is 9.59 Å². The Morgan fingerprint density at radius 2 is 1.62 bits per heavy atom. The van der Waals surface area contributed by atoms with Crippen molar-refractivity contribution in [2.24, 2.45) is 0 Å². The normalized spacial score (nSPS) is 19.5. The molecule has 0 aliphatic carbocycles. The molecule has 0 bridgehead atoms. The second-order valence-corrected chi connectivity index (χ2v) is 6.23. The van der Waals surface area contributed by atoms with Gasteiger partial charge in [0.2, 0.25) is 11.8 Å². The van der Waals surface area contributed by atoms with Crippen LogP contribution in [0.4, 0.5) is 0 Å². The number of hydrogen-bond donors (Lipinski definition) is 0. The number of piperazine rings is 1. The summed E-state index contributed by atoms with van der Waals surface area (Å²) in [6, 6.07) is 3.72. The highest BCUT2D eigenvalue weighted by molar-refractivity contribution is 5.79. The number of carbonyl (C=O) groups excluding carboxylic acids is 2. The Morgan fingerprint density at radius 3 is 2.25 bits per heavy atom. The van der Waals surface area contributed by atoms with Crippen molar-refractivity contribution in [1.82, 2.24) is 14.7 Å². The van der Waals surface area contributed by atoms with Crippen LogP contribution < -0.4 is 0 Å². The molecule has 7 nitrogen and oxygen atoms in total. The summed E-state index contributed by atoms with van der Waals surface area (Å²) in [6.45, 7) is 5.96. The fourth-order valence-electron chi connectivity index (χ4n) is 3.10. The molecule has 7 heteroatoms. The van der Waals surface area contributed by atoms with E-state index in [2.05, 4.69) is 4.90 Å². The van der Waals surface area contributed by atoms with Gasteiger partial charge in [-0.2, -0.15) is 0 Å². The Kier molecular flexibility index (Phi) is 5.87. The molecule has 0 radical (unpaired) electrons. The smallest absolute Gasteiger partial charge is 0.236 e. The first-order valence-electron chi connectivity index (χ1n) is 8.60. The molecule has 132 valence electrons. The molecule has 0 N–H and O–H groups in total. The number of hydrogen-bond acceptors (Lipinski definition) is 5. The largest absolute Gasteiger partial charge is 0.469 e. The summed E-state index contributed by atoms with van der Waals surface area (Å²) < 4.78 is 10.6. The fraction of sp³-hybridized carbons (Fsp3) is 0.647. The van der Waals surface area contributed by atoms with E-state index in [1.54, 1.807) is 6.26 Å². The molecule has 1 aromatic rings. The molecule has 24 heavy (non-hydrogen) atoms. The Morgan fingerprint density at radius 1 is 0.958 bits per heavy atom. The maximum Gasteiger partial charge on any atom is 0.236 e. The number of carbonyl (C=O) groups is 2. The van der Waals surface area contributed by atoms with Crippen LogP contribution in [0.25, 0.3) is 0 Å². The van der Waals surface area contributed by atoms with Gasteiger partial charge in [0, 0.05) is 52.1 Å². The summed E-state index contributed by atoms with van der Waals surface area (Å²) >= 11 is 0. The number of furan rings is 1. The zero-order valence-electron chi connectivity index (χ0n) is 14.0. The summed E-state index contributed by atoms with van der Waals surface area (Å²) in [7, 11) is 0. The quantitative estimate of drug-likeness (QED) is 0.770. The van der Waals surface area contributed by atoms with Crippen LogP contribution in [0.1, 0.15) is 12.2 Å². The van der Waals surface area contributed by atoms with E-state index in [0.717, 1.165) is 18.8 Å². The Balaban J connectivity index is 1.38. The molecule has 0 atom stereocenters. The van der Waals surface area contributed by atoms with Crippen LogP contribution in [-0.4, -0.2) is 85.5 Å². The van der Waals surface area contributed by atoms with Crippen LogP contribution in [-0.2, 0) is 20.7 Å². The lowest BCUT2D eigenvalue weighted by molar-refractivity contribution is -0.140. The number of amides is 2. The molecule has 0 spiro atoms. The maximum atomic E-state index is 12.4. The van der Waals surface area contributed by atoms with Gasteiger partial charge in [-0.15, -0.1) is 0 Å². The van der Waals surface area contributed by atoms with Gasteiger partial charge in [0.15, 0.2) is 0 Å². The lowest BCUT2D eigenvalue weighted by atomic mass is 10.2. The number of morpholine rings is 1. The zero-order valence-corrected chi connectivity index (χ0v) is 14.0. The SMILES string of the molecule is O=C(CCc1ccco1)N1CCN(C(=O)CN2CCOCC2)CC1. The summed E-state index contributed by atoms with van der Waals surface area (Å²) in [5.41, 5.74) is 0. The van der Waals surface area contributed by atoms with E-state index in [-0.39, 0.29) is 11.8 Å². The number of aryl methyl sites for hydroxylation is 1. The molecular weight excluding hydrogens is 310 g/mol. The standard InChI is InChI=1S/C17H25N3O4/c21-16(4-3-15-2-1-11-24-15)19-5-7-20(8-6-19)17(22)14-18-9-12-23-13-10-18/h1-2,11H,3-10,12-14H2. The molecule has 1 aromatic heterocycles. The minimum Gasteiger partial charge on any atom is -0.469 e. The first kappa shape index (κ1) is 17.0. The lowest BCUT2D eigenvalue weighted by Crippen LogP contribution is -2.53. The molecule has 3 heterocycles. The molecule has 0 unspecified atom stereocenters. The van der Waals surface area contributed by atoms with Crippen LogP contribution in [0.5, 0.6) is 0 Å². The van der Waals surface area contributed by atoms with Crippen molar-refractivity contribution in [2.75, 3.05) is 59.0 Å². The van der Waals surface area contributed by atoms with Crippen molar-refractivity contribution in [3.8, 4) is 0 Å². The van der Waals surface area contributed by atoms with Crippen molar-refractivity contribution in [3.05, 3.63) is 24.2 Å². The molecule has 2 aliphatic rings. The monoisotopic (exact) mass is 335 g/mol. The summed E-state index contributed by atoms with van der Waals surface area (Å²) in [5, 5.41) is 0. The number of rotatable bonds is 5. The number of nitrogens with zero attached hydrogens (tertiary/aromatic N) is 3. The lowest BCUT2D eigenvalue weighted by Gasteiger charge is -2.36. The third-order valence-corrected chi connectivity index (χ3v) is 4.61. The van der Waals surface area contributed by atoms with Gasteiger partial charge in [0.1, 0.15) is 5.76 Å². The third-order valence-electron chi connectivity index (χ3n) is 4.61. The molecule has 3 rings (SSSR count). The van der Waals surface area contributed by atoms with Crippen molar-refractivity contribution in [2.45, 2.75) is 12.8 Å². The maximum absolute atomic E-state index is 12.4. The van der Waals surface area contributed by atoms with E-state index in [1.165, 1.54) is 0 Å². The minimum atomic E-state index is 0.131. The molecule has 2 amide bonds. The van der Waals surface area contributed by atoms with Gasteiger partial charge in [0.25, 0.3) is 0 Å². The predicted octanol–water partition coefficient (Wildman–Crippen LogP) is 0.215. The fourth-order valence-corrected chi connectivity index (χ4v) is 3.10. The van der Waals surface area contributed by atoms with Crippen LogP contribution in [0, 0.1) is 0 Å². The van der Waals surface area contributed by atoms with Crippen molar-refractivity contribution in [1.29, 1.82) is 0 Å². The van der Waals surface area contributed by atoms with E-state index in [0.29, 0.717) is 58.8 Å². The van der Waals surface area contributed by atoms with Gasteiger partial charge in [-0.3, -0.25) is 14.5 Å². The highest BCUT2D eigenvalue weighted by atomic mass is 16.5. The summed E-state index contributed by atoms with van der Waals surface area (Å²) in [4.78, 5) is 30.4. The second kappa shape index (κ2) is 8.30. The Hall–Kier alpha value is -1.86. The molecule has 2 fully saturated rings. The topological polar surface area (TPSA) is 66.2 Å². The first-order chi connectivity index (χ1) is 11.7. The average Bonchev–Trinajstić information content (AvgIpc) is 3.14. The molecule has 0 aromatic carbocycles.